The van der Waals surface area contributed by atoms with Crippen molar-refractivity contribution < 1.29 is 29.3 Å². The van der Waals surface area contributed by atoms with Gasteiger partial charge >= 0.3 is 5.97 Å². The second kappa shape index (κ2) is 8.30. The Morgan fingerprint density at radius 1 is 1.34 bits per heavy atom. The van der Waals surface area contributed by atoms with Gasteiger partial charge in [0.25, 0.3) is 0 Å². The molecule has 4 rings (SSSR count). The van der Waals surface area contributed by atoms with E-state index in [-0.39, 0.29) is 33.7 Å². The molecule has 0 aromatic heterocycles. The lowest BCUT2D eigenvalue weighted by molar-refractivity contribution is -0.143. The third kappa shape index (κ3) is 3.14. The fourth-order valence-corrected chi connectivity index (χ4v) is 6.85. The molecular formula is C22H27N3O6S. The third-order valence-electron chi connectivity index (χ3n) is 7.00. The predicted molar refractivity (Wildman–Crippen MR) is 115 cm³/mol. The van der Waals surface area contributed by atoms with Crippen molar-refractivity contribution >= 4 is 29.3 Å². The number of fused-ring (bicyclic) bond motifs is 4. The number of hydrogen-bond donors (Lipinski definition) is 3. The molecule has 3 heterocycles. The monoisotopic (exact) mass is 461 g/mol. The van der Waals surface area contributed by atoms with E-state index in [4.69, 9.17) is 4.74 Å². The van der Waals surface area contributed by atoms with Gasteiger partial charge in [-0.1, -0.05) is 20.8 Å². The molecule has 9 nitrogen and oxygen atoms in total. The van der Waals surface area contributed by atoms with Crippen LogP contribution < -0.4 is 5.32 Å². The van der Waals surface area contributed by atoms with Gasteiger partial charge in [0.1, 0.15) is 10.9 Å². The number of aliphatic hydroxyl groups is 1. The summed E-state index contributed by atoms with van der Waals surface area (Å²) in [5.74, 6) is -3.00. The van der Waals surface area contributed by atoms with Crippen molar-refractivity contribution in [2.75, 3.05) is 13.7 Å². The lowest BCUT2D eigenvalue weighted by Crippen LogP contribution is -2.71. The first-order valence-electron chi connectivity index (χ1n) is 10.7. The molecule has 32 heavy (non-hydrogen) atoms. The number of aliphatic carboxylic acids is 1. The molecule has 0 saturated carbocycles. The maximum atomic E-state index is 13.7. The molecule has 0 aromatic carbocycles. The Bertz CT molecular complexity index is 983. The number of ether oxygens (including phenoxy) is 1. The summed E-state index contributed by atoms with van der Waals surface area (Å²) in [6.45, 7) is 5.15. The molecule has 7 atom stereocenters. The zero-order chi connectivity index (χ0) is 23.5. The molecule has 4 aliphatic rings. The highest BCUT2D eigenvalue weighted by molar-refractivity contribution is 8.04. The molecule has 1 aliphatic carbocycles. The standard InChI is InChI=1S/C22H27N3O6S/c1-8(2)32-21-19(28)14-9(3)17-16-10(22(29)30)5-11(24-16)12(6-23)25(17)13(7-26)15(14)18(27)20(21)31-4/h8-13,16-17,24,26H,5,7H2,1-4H3,(H,29,30)/t9?,10-,11+,12?,13+,16-,17+/m1/s1. The van der Waals surface area contributed by atoms with Gasteiger partial charge in [0.05, 0.1) is 31.7 Å². The van der Waals surface area contributed by atoms with Crippen LogP contribution in [0.3, 0.4) is 0 Å². The molecule has 2 saturated heterocycles. The van der Waals surface area contributed by atoms with Crippen LogP contribution in [0, 0.1) is 23.2 Å². The van der Waals surface area contributed by atoms with Crippen molar-refractivity contribution in [3.63, 3.8) is 0 Å². The molecule has 3 N–H and O–H groups in total. The molecular weight excluding hydrogens is 434 g/mol. The Labute approximate surface area is 190 Å². The number of carbonyl (C=O) groups excluding carboxylic acids is 2. The minimum absolute atomic E-state index is 0.0318. The number of rotatable bonds is 5. The summed E-state index contributed by atoms with van der Waals surface area (Å²) < 4.78 is 5.36. The summed E-state index contributed by atoms with van der Waals surface area (Å²) >= 11 is 1.25. The van der Waals surface area contributed by atoms with E-state index in [1.165, 1.54) is 18.9 Å². The lowest BCUT2D eigenvalue weighted by atomic mass is 9.71. The number of carbonyl (C=O) groups is 3. The summed E-state index contributed by atoms with van der Waals surface area (Å²) in [6.07, 6.45) is 0.276. The van der Waals surface area contributed by atoms with E-state index in [1.807, 2.05) is 13.8 Å². The van der Waals surface area contributed by atoms with E-state index in [1.54, 1.807) is 11.8 Å². The van der Waals surface area contributed by atoms with E-state index in [0.717, 1.165) is 0 Å². The third-order valence-corrected chi connectivity index (χ3v) is 8.08. The quantitative estimate of drug-likeness (QED) is 0.494. The van der Waals surface area contributed by atoms with Gasteiger partial charge in [-0.3, -0.25) is 19.3 Å². The van der Waals surface area contributed by atoms with E-state index in [0.29, 0.717) is 5.57 Å². The summed E-state index contributed by atoms with van der Waals surface area (Å²) in [4.78, 5) is 41.2. The number of aliphatic hydroxyl groups excluding tert-OH is 1. The maximum Gasteiger partial charge on any atom is 0.308 e. The van der Waals surface area contributed by atoms with Gasteiger partial charge in [0.15, 0.2) is 11.5 Å². The number of Topliss-reactive ketones (excluding diaryl/α,β-unsaturated/α-hetero) is 2. The van der Waals surface area contributed by atoms with Crippen molar-refractivity contribution in [1.29, 1.82) is 5.26 Å². The van der Waals surface area contributed by atoms with Crippen molar-refractivity contribution in [2.45, 2.75) is 62.7 Å². The van der Waals surface area contributed by atoms with Gasteiger partial charge in [0.2, 0.25) is 5.78 Å². The normalized spacial score (nSPS) is 36.8. The average molecular weight is 462 g/mol. The van der Waals surface area contributed by atoms with E-state index in [2.05, 4.69) is 11.4 Å². The Hall–Kier alpha value is -2.19. The summed E-state index contributed by atoms with van der Waals surface area (Å²) in [7, 11) is 1.34. The number of carboxylic acids is 1. The average Bonchev–Trinajstić information content (AvgIpc) is 3.11. The zero-order valence-electron chi connectivity index (χ0n) is 18.4. The van der Waals surface area contributed by atoms with Crippen LogP contribution in [0.4, 0.5) is 0 Å². The van der Waals surface area contributed by atoms with Crippen molar-refractivity contribution in [3.8, 4) is 6.07 Å². The molecule has 2 fully saturated rings. The smallest absolute Gasteiger partial charge is 0.308 e. The number of nitrogens with one attached hydrogen (secondary N) is 1. The van der Waals surface area contributed by atoms with Crippen LogP contribution in [0.5, 0.6) is 0 Å². The van der Waals surface area contributed by atoms with E-state index < -0.39 is 60.4 Å². The lowest BCUT2D eigenvalue weighted by Gasteiger charge is -2.54. The highest BCUT2D eigenvalue weighted by atomic mass is 32.2. The Morgan fingerprint density at radius 2 is 2.03 bits per heavy atom. The second-order valence-electron chi connectivity index (χ2n) is 8.99. The maximum absolute atomic E-state index is 13.7. The van der Waals surface area contributed by atoms with Gasteiger partial charge in [0, 0.05) is 40.4 Å². The van der Waals surface area contributed by atoms with Crippen LogP contribution in [0.15, 0.2) is 21.8 Å². The number of hydrogen-bond acceptors (Lipinski definition) is 9. The molecule has 3 aliphatic heterocycles. The first-order chi connectivity index (χ1) is 15.2. The van der Waals surface area contributed by atoms with Gasteiger partial charge in [-0.15, -0.1) is 11.8 Å². The molecule has 172 valence electrons. The summed E-state index contributed by atoms with van der Waals surface area (Å²) in [5.41, 5.74) is 0.465. The molecule has 0 radical (unpaired) electrons. The number of piperazine rings is 1. The van der Waals surface area contributed by atoms with Gasteiger partial charge in [-0.05, 0) is 6.42 Å². The van der Waals surface area contributed by atoms with Crippen LogP contribution in [0.2, 0.25) is 0 Å². The summed E-state index contributed by atoms with van der Waals surface area (Å²) in [5, 5.41) is 33.5. The second-order valence-corrected chi connectivity index (χ2v) is 10.6. The largest absolute Gasteiger partial charge is 0.491 e. The minimum atomic E-state index is -0.959. The van der Waals surface area contributed by atoms with Crippen LogP contribution >= 0.6 is 11.8 Å². The summed E-state index contributed by atoms with van der Waals surface area (Å²) in [6, 6.07) is -0.801. The van der Waals surface area contributed by atoms with Crippen LogP contribution in [-0.2, 0) is 19.1 Å². The number of thioether (sulfide) groups is 1. The van der Waals surface area contributed by atoms with Crippen molar-refractivity contribution in [2.24, 2.45) is 11.8 Å². The molecule has 2 bridgehead atoms. The first kappa shape index (κ1) is 23.0. The van der Waals surface area contributed by atoms with Crippen molar-refractivity contribution in [1.82, 2.24) is 10.2 Å². The molecule has 10 heteroatoms. The number of ketones is 2. The highest BCUT2D eigenvalue weighted by Crippen LogP contribution is 2.48. The first-order valence-corrected chi connectivity index (χ1v) is 11.6. The molecule has 0 spiro atoms. The molecule has 2 unspecified atom stereocenters. The van der Waals surface area contributed by atoms with Crippen molar-refractivity contribution in [3.05, 3.63) is 21.8 Å². The van der Waals surface area contributed by atoms with Crippen LogP contribution in [-0.4, -0.2) is 81.8 Å². The zero-order valence-corrected chi connectivity index (χ0v) is 19.2. The Balaban J connectivity index is 1.89. The Kier molecular flexibility index (Phi) is 5.96. The fraction of sp³-hybridized carbons (Fsp3) is 0.636. The SMILES string of the molecule is COC1=C(SC(C)C)C(=O)C2=C(C1=O)[C@H](CO)N1C(C#N)[C@@H]3C[C@@H](C(=O)O)[C@@H](N3)[C@@H]1C2C. The van der Waals surface area contributed by atoms with E-state index in [9.17, 15) is 29.9 Å². The molecule has 0 aromatic rings. The van der Waals surface area contributed by atoms with Gasteiger partial charge in [-0.2, -0.15) is 5.26 Å². The predicted octanol–water partition coefficient (Wildman–Crippen LogP) is 0.453. The number of carboxylic acid groups (broad SMARTS) is 1. The van der Waals surface area contributed by atoms with Crippen LogP contribution in [0.25, 0.3) is 0 Å². The fourth-order valence-electron chi connectivity index (χ4n) is 5.88. The highest BCUT2D eigenvalue weighted by Gasteiger charge is 2.61. The number of methoxy groups -OCH3 is 1. The van der Waals surface area contributed by atoms with E-state index >= 15 is 0 Å². The molecule has 0 amide bonds. The number of nitrogens with zero attached hydrogens (tertiary/aromatic N) is 2. The number of allylic oxidation sites excluding steroid dienone is 2. The van der Waals surface area contributed by atoms with Gasteiger partial charge in [-0.25, -0.2) is 0 Å². The topological polar surface area (TPSA) is 140 Å². The Morgan fingerprint density at radius 3 is 2.56 bits per heavy atom. The number of nitriles is 1. The van der Waals surface area contributed by atoms with Gasteiger partial charge < -0.3 is 20.3 Å². The van der Waals surface area contributed by atoms with Crippen LogP contribution in [0.1, 0.15) is 27.2 Å². The minimum Gasteiger partial charge on any atom is -0.491 e.